The highest BCUT2D eigenvalue weighted by Crippen LogP contribution is 2.48. The van der Waals surface area contributed by atoms with Crippen LogP contribution in [-0.2, 0) is 20.7 Å². The van der Waals surface area contributed by atoms with E-state index in [2.05, 4.69) is 43.6 Å². The van der Waals surface area contributed by atoms with Crippen molar-refractivity contribution < 1.29 is 23.1 Å². The quantitative estimate of drug-likeness (QED) is 0.113. The van der Waals surface area contributed by atoms with Gasteiger partial charge in [-0.3, -0.25) is 4.79 Å². The van der Waals surface area contributed by atoms with Gasteiger partial charge in [0.1, 0.15) is 24.1 Å². The lowest BCUT2D eigenvalue weighted by Crippen LogP contribution is -2.35. The lowest BCUT2D eigenvalue weighted by molar-refractivity contribution is -0.146. The number of hydrogen-bond acceptors (Lipinski definition) is 5. The molecule has 0 radical (unpaired) electrons. The first kappa shape index (κ1) is 25.7. The molecule has 0 spiro atoms. The normalized spacial score (nSPS) is 13.6. The van der Waals surface area contributed by atoms with Gasteiger partial charge in [0.2, 0.25) is 0 Å². The highest BCUT2D eigenvalue weighted by Gasteiger charge is 2.35. The third-order valence-corrected chi connectivity index (χ3v) is 7.92. The Balaban J connectivity index is 1.59. The van der Waals surface area contributed by atoms with Gasteiger partial charge in [0.25, 0.3) is 0 Å². The van der Waals surface area contributed by atoms with E-state index < -0.39 is 19.8 Å². The predicted octanol–water partition coefficient (Wildman–Crippen LogP) is 7.49. The van der Waals surface area contributed by atoms with E-state index in [9.17, 15) is 9.36 Å². The molecule has 0 saturated heterocycles. The highest BCUT2D eigenvalue weighted by molar-refractivity contribution is 14.1. The van der Waals surface area contributed by atoms with Gasteiger partial charge in [0.15, 0.2) is 0 Å². The first-order valence-electron chi connectivity index (χ1n) is 10.7. The van der Waals surface area contributed by atoms with Crippen LogP contribution in [0.15, 0.2) is 95.5 Å². The zero-order chi connectivity index (χ0) is 24.8. The summed E-state index contributed by atoms with van der Waals surface area (Å²) in [7, 11) is -4.09. The molecule has 35 heavy (non-hydrogen) atoms. The number of fused-ring (bicyclic) bond motifs is 1. The van der Waals surface area contributed by atoms with Crippen LogP contribution in [0.25, 0.3) is 10.8 Å². The summed E-state index contributed by atoms with van der Waals surface area (Å²) in [5.41, 5.74) is 0.851. The molecule has 4 aromatic carbocycles. The summed E-state index contributed by atoms with van der Waals surface area (Å²) in [6.07, 6.45) is 0. The Morgan fingerprint density at radius 1 is 0.943 bits per heavy atom. The van der Waals surface area contributed by atoms with E-state index >= 15 is 0 Å². The molecule has 0 saturated carbocycles. The Morgan fingerprint density at radius 2 is 1.63 bits per heavy atom. The molecule has 180 valence electrons. The fraction of sp³-hybridized carbons (Fsp3) is 0.115. The Bertz CT molecular complexity index is 1380. The first-order valence-corrected chi connectivity index (χ1v) is 14.1. The molecule has 0 aromatic heterocycles. The van der Waals surface area contributed by atoms with Crippen molar-refractivity contribution in [2.45, 2.75) is 19.6 Å². The van der Waals surface area contributed by atoms with Crippen molar-refractivity contribution in [2.24, 2.45) is 0 Å². The van der Waals surface area contributed by atoms with E-state index in [4.69, 9.17) is 13.8 Å². The number of esters is 1. The molecule has 4 rings (SSSR count). The fourth-order valence-electron chi connectivity index (χ4n) is 3.30. The summed E-state index contributed by atoms with van der Waals surface area (Å²) in [5.74, 6) is 0.148. The number of ether oxygens (including phenoxy) is 1. The van der Waals surface area contributed by atoms with Crippen molar-refractivity contribution in [3.63, 3.8) is 0 Å². The third kappa shape index (κ3) is 6.85. The first-order chi connectivity index (χ1) is 16.8. The smallest absolute Gasteiger partial charge is 0.460 e. The molecule has 0 bridgehead atoms. The van der Waals surface area contributed by atoms with Gasteiger partial charge in [-0.05, 0) is 64.7 Å². The minimum atomic E-state index is -4.09. The van der Waals surface area contributed by atoms with Crippen molar-refractivity contribution in [1.82, 2.24) is 5.09 Å². The number of rotatable bonds is 9. The summed E-state index contributed by atoms with van der Waals surface area (Å²) in [6.45, 7) is 1.66. The van der Waals surface area contributed by atoms with Crippen molar-refractivity contribution in [2.75, 3.05) is 0 Å². The van der Waals surface area contributed by atoms with Crippen LogP contribution in [0.3, 0.4) is 0 Å². The van der Waals surface area contributed by atoms with Gasteiger partial charge in [0, 0.05) is 9.86 Å². The Morgan fingerprint density at radius 3 is 2.40 bits per heavy atom. The van der Waals surface area contributed by atoms with E-state index in [0.29, 0.717) is 11.5 Å². The highest BCUT2D eigenvalue weighted by atomic mass is 127. The van der Waals surface area contributed by atoms with E-state index in [1.54, 1.807) is 25.1 Å². The number of halogens is 2. The topological polar surface area (TPSA) is 73.9 Å². The summed E-state index contributed by atoms with van der Waals surface area (Å²) < 4.78 is 32.9. The summed E-state index contributed by atoms with van der Waals surface area (Å²) in [4.78, 5) is 12.7. The van der Waals surface area contributed by atoms with Gasteiger partial charge in [-0.2, -0.15) is 5.09 Å². The molecular formula is C26H22BrINO5P. The number of carbonyl (C=O) groups is 1. The minimum Gasteiger partial charge on any atom is -0.460 e. The number of carbonyl (C=O) groups excluding carboxylic acids is 1. The van der Waals surface area contributed by atoms with Crippen molar-refractivity contribution in [1.29, 1.82) is 0 Å². The SMILES string of the molecule is C[C@H](NP(=O)(Oc1ccc(Br)cc1I)Oc1cccc2ccccc12)C(=O)OCc1ccccc1. The lowest BCUT2D eigenvalue weighted by atomic mass is 10.1. The zero-order valence-electron chi connectivity index (χ0n) is 18.7. The maximum Gasteiger partial charge on any atom is 0.513 e. The maximum absolute atomic E-state index is 14.0. The van der Waals surface area contributed by atoms with Gasteiger partial charge >= 0.3 is 13.7 Å². The molecule has 0 heterocycles. The Labute approximate surface area is 225 Å². The second-order valence-corrected chi connectivity index (χ2v) is 11.4. The minimum absolute atomic E-state index is 0.103. The van der Waals surface area contributed by atoms with Crippen LogP contribution in [0, 0.1) is 3.57 Å². The Hall–Kier alpha value is -2.39. The van der Waals surface area contributed by atoms with Gasteiger partial charge < -0.3 is 13.8 Å². The molecule has 9 heteroatoms. The van der Waals surface area contributed by atoms with Crippen LogP contribution in [0.1, 0.15) is 12.5 Å². The molecular weight excluding hydrogens is 644 g/mol. The van der Waals surface area contributed by atoms with Gasteiger partial charge in [0.05, 0.1) is 3.57 Å². The second-order valence-electron chi connectivity index (χ2n) is 7.68. The van der Waals surface area contributed by atoms with Crippen molar-refractivity contribution in [3.8, 4) is 11.5 Å². The molecule has 0 aliphatic heterocycles. The van der Waals surface area contributed by atoms with Gasteiger partial charge in [-0.25, -0.2) is 4.57 Å². The summed E-state index contributed by atoms with van der Waals surface area (Å²) >= 11 is 5.50. The lowest BCUT2D eigenvalue weighted by Gasteiger charge is -2.24. The standard InChI is InChI=1S/C26H22BrINO5P/c1-18(26(30)32-17-19-8-3-2-4-9-19)29-35(31,34-25-15-14-21(27)16-23(25)28)33-24-13-7-11-20-10-5-6-12-22(20)24/h2-16,18H,17H2,1H3,(H,29,31)/t18-,35?/m0/s1. The molecule has 1 N–H and O–H groups in total. The van der Waals surface area contributed by atoms with E-state index in [-0.39, 0.29) is 6.61 Å². The van der Waals surface area contributed by atoms with E-state index in [1.165, 1.54) is 0 Å². The van der Waals surface area contributed by atoms with E-state index in [1.807, 2.05) is 72.8 Å². The Kier molecular flexibility index (Phi) is 8.49. The molecule has 0 aliphatic carbocycles. The zero-order valence-corrected chi connectivity index (χ0v) is 23.3. The molecule has 1 unspecified atom stereocenters. The van der Waals surface area contributed by atoms with Crippen LogP contribution >= 0.6 is 46.3 Å². The van der Waals surface area contributed by atoms with Crippen LogP contribution in [0.5, 0.6) is 11.5 Å². The number of hydrogen-bond donors (Lipinski definition) is 1. The average molecular weight is 666 g/mol. The van der Waals surface area contributed by atoms with Crippen LogP contribution in [-0.4, -0.2) is 12.0 Å². The average Bonchev–Trinajstić information content (AvgIpc) is 2.85. The molecule has 0 fully saturated rings. The van der Waals surface area contributed by atoms with Crippen LogP contribution in [0.4, 0.5) is 0 Å². The number of benzene rings is 4. The molecule has 4 aromatic rings. The van der Waals surface area contributed by atoms with Crippen molar-refractivity contribution >= 4 is 63.0 Å². The predicted molar refractivity (Wildman–Crippen MR) is 149 cm³/mol. The van der Waals surface area contributed by atoms with Crippen LogP contribution in [0.2, 0.25) is 0 Å². The van der Waals surface area contributed by atoms with Gasteiger partial charge in [-0.15, -0.1) is 0 Å². The molecule has 2 atom stereocenters. The summed E-state index contributed by atoms with van der Waals surface area (Å²) in [5, 5.41) is 4.44. The van der Waals surface area contributed by atoms with E-state index in [0.717, 1.165) is 24.4 Å². The van der Waals surface area contributed by atoms with Crippen molar-refractivity contribution in [3.05, 3.63) is 105 Å². The fourth-order valence-corrected chi connectivity index (χ4v) is 6.45. The molecule has 0 amide bonds. The second kappa shape index (κ2) is 11.6. The summed E-state index contributed by atoms with van der Waals surface area (Å²) in [6, 6.07) is 26.7. The maximum atomic E-state index is 14.0. The largest absolute Gasteiger partial charge is 0.513 e. The van der Waals surface area contributed by atoms with Gasteiger partial charge in [-0.1, -0.05) is 82.7 Å². The van der Waals surface area contributed by atoms with Crippen LogP contribution < -0.4 is 14.1 Å². The molecule has 6 nitrogen and oxygen atoms in total. The molecule has 0 aliphatic rings. The number of nitrogens with one attached hydrogen (secondary N) is 1. The monoisotopic (exact) mass is 665 g/mol. The third-order valence-electron chi connectivity index (χ3n) is 5.01.